The molecule has 3 rings (SSSR count). The summed E-state index contributed by atoms with van der Waals surface area (Å²) >= 11 is 0. The average Bonchev–Trinajstić information content (AvgIpc) is 2.92. The highest BCUT2D eigenvalue weighted by Crippen LogP contribution is 2.43. The first-order valence-corrected chi connectivity index (χ1v) is 12.0. The first kappa shape index (κ1) is 28.3. The fourth-order valence-electron chi connectivity index (χ4n) is 5.11. The van der Waals surface area contributed by atoms with Gasteiger partial charge in [-0.25, -0.2) is 0 Å². The summed E-state index contributed by atoms with van der Waals surface area (Å²) in [6, 6.07) is 2.94. The van der Waals surface area contributed by atoms with Crippen LogP contribution in [0.15, 0.2) is 42.5 Å². The number of hydrogen-bond donors (Lipinski definition) is 6. The van der Waals surface area contributed by atoms with Crippen LogP contribution in [0.2, 0.25) is 0 Å². The van der Waals surface area contributed by atoms with Gasteiger partial charge in [-0.15, -0.1) is 0 Å². The predicted octanol–water partition coefficient (Wildman–Crippen LogP) is 1.28. The molecule has 3 atom stereocenters. The third kappa shape index (κ3) is 6.53. The number of phenols is 1. The summed E-state index contributed by atoms with van der Waals surface area (Å²) in [5.41, 5.74) is -3.37. The zero-order valence-corrected chi connectivity index (χ0v) is 20.3. The van der Waals surface area contributed by atoms with Crippen molar-refractivity contribution in [2.45, 2.75) is 49.7 Å². The number of phenolic OH excluding ortho intramolecular Hbond substituents is 1. The molecule has 1 aromatic carbocycles. The highest BCUT2D eigenvalue weighted by molar-refractivity contribution is 6.03. The molecule has 6 N–H and O–H groups in total. The lowest BCUT2D eigenvalue weighted by molar-refractivity contribution is -0.151. The molecule has 0 amide bonds. The zero-order valence-electron chi connectivity index (χ0n) is 20.3. The van der Waals surface area contributed by atoms with Gasteiger partial charge in [-0.05, 0) is 36.3 Å². The maximum absolute atomic E-state index is 13.2. The van der Waals surface area contributed by atoms with Gasteiger partial charge >= 0.3 is 5.97 Å². The van der Waals surface area contributed by atoms with Crippen molar-refractivity contribution in [2.75, 3.05) is 19.8 Å². The quantitative estimate of drug-likeness (QED) is 0.248. The second-order valence-electron chi connectivity index (χ2n) is 9.48. The number of rotatable bonds is 10. The Morgan fingerprint density at radius 3 is 2.54 bits per heavy atom. The van der Waals surface area contributed by atoms with Crippen molar-refractivity contribution in [3.05, 3.63) is 59.2 Å². The number of carbonyl (C=O) groups is 3. The van der Waals surface area contributed by atoms with Crippen molar-refractivity contribution in [1.82, 2.24) is 0 Å². The molecule has 0 saturated heterocycles. The third-order valence-electron chi connectivity index (χ3n) is 6.71. The molecule has 0 spiro atoms. The lowest BCUT2D eigenvalue weighted by Gasteiger charge is -2.42. The van der Waals surface area contributed by atoms with Crippen molar-refractivity contribution >= 4 is 23.3 Å². The van der Waals surface area contributed by atoms with Crippen LogP contribution >= 0.6 is 0 Å². The van der Waals surface area contributed by atoms with Gasteiger partial charge in [0.15, 0.2) is 11.6 Å². The van der Waals surface area contributed by atoms with E-state index in [0.29, 0.717) is 23.3 Å². The number of allylic oxidation sites excluding steroid dienone is 4. The molecule has 1 heterocycles. The molecule has 0 saturated carbocycles. The summed E-state index contributed by atoms with van der Waals surface area (Å²) in [5.74, 6) is -4.48. The van der Waals surface area contributed by atoms with Crippen molar-refractivity contribution in [1.29, 1.82) is 0 Å². The van der Waals surface area contributed by atoms with Crippen molar-refractivity contribution in [3.63, 3.8) is 0 Å². The van der Waals surface area contributed by atoms with E-state index in [1.807, 2.05) is 18.2 Å². The number of ether oxygens (including phenoxy) is 1. The zero-order chi connectivity index (χ0) is 27.2. The summed E-state index contributed by atoms with van der Waals surface area (Å²) in [6.45, 7) is -1.30. The molecule has 0 aromatic heterocycles. The highest BCUT2D eigenvalue weighted by atomic mass is 16.5. The molecular formula is C27H32O10. The van der Waals surface area contributed by atoms with Gasteiger partial charge in [0.05, 0.1) is 29.3 Å². The smallest absolute Gasteiger partial charge is 0.310 e. The van der Waals surface area contributed by atoms with Crippen LogP contribution in [-0.2, 0) is 20.7 Å². The van der Waals surface area contributed by atoms with E-state index in [1.165, 1.54) is 6.07 Å². The van der Waals surface area contributed by atoms with Crippen LogP contribution < -0.4 is 0 Å². The van der Waals surface area contributed by atoms with E-state index < -0.39 is 73.6 Å². The number of carboxylic acid groups (broad SMARTS) is 1. The van der Waals surface area contributed by atoms with Gasteiger partial charge in [0, 0.05) is 37.9 Å². The Labute approximate surface area is 213 Å². The summed E-state index contributed by atoms with van der Waals surface area (Å²) < 4.78 is 5.87. The molecule has 1 aliphatic carbocycles. The van der Waals surface area contributed by atoms with Crippen LogP contribution in [-0.4, -0.2) is 79.2 Å². The Kier molecular flexibility index (Phi) is 9.03. The number of ketones is 2. The van der Waals surface area contributed by atoms with Crippen molar-refractivity contribution in [3.8, 4) is 5.75 Å². The van der Waals surface area contributed by atoms with Crippen LogP contribution in [0.1, 0.15) is 53.6 Å². The van der Waals surface area contributed by atoms with Crippen LogP contribution in [0.3, 0.4) is 0 Å². The SMILES string of the molecule is O=C(O)CC(=O)C(CO)C(O)(CCO)CC1(O)CC(=O)c2c(O)ccc(/C3=C/C/C=C\C=C/CO3)c2C1. The molecular weight excluding hydrogens is 484 g/mol. The molecule has 3 unspecified atom stereocenters. The van der Waals surface area contributed by atoms with E-state index in [4.69, 9.17) is 9.84 Å². The molecule has 1 aromatic rings. The monoisotopic (exact) mass is 516 g/mol. The number of Topliss-reactive ketones (excluding diaryl/α,β-unsaturated/α-hetero) is 2. The summed E-state index contributed by atoms with van der Waals surface area (Å²) in [7, 11) is 0. The van der Waals surface area contributed by atoms with Crippen LogP contribution in [0.25, 0.3) is 5.76 Å². The van der Waals surface area contributed by atoms with E-state index >= 15 is 0 Å². The number of aliphatic carboxylic acids is 1. The largest absolute Gasteiger partial charge is 0.507 e. The van der Waals surface area contributed by atoms with E-state index in [2.05, 4.69) is 0 Å². The molecule has 10 heteroatoms. The van der Waals surface area contributed by atoms with Gasteiger partial charge in [0.25, 0.3) is 0 Å². The maximum atomic E-state index is 13.2. The first-order chi connectivity index (χ1) is 17.5. The second-order valence-corrected chi connectivity index (χ2v) is 9.48. The number of benzene rings is 1. The van der Waals surface area contributed by atoms with Gasteiger partial charge in [-0.2, -0.15) is 0 Å². The van der Waals surface area contributed by atoms with Gasteiger partial charge in [-0.3, -0.25) is 14.4 Å². The topological polar surface area (TPSA) is 182 Å². The fourth-order valence-corrected chi connectivity index (χ4v) is 5.11. The number of carbonyl (C=O) groups excluding carboxylic acids is 2. The molecule has 2 aliphatic rings. The van der Waals surface area contributed by atoms with Crippen LogP contribution in [0, 0.1) is 5.92 Å². The number of fused-ring (bicyclic) bond motifs is 1. The van der Waals surface area contributed by atoms with Crippen LogP contribution in [0.5, 0.6) is 5.75 Å². The van der Waals surface area contributed by atoms with E-state index in [1.54, 1.807) is 18.2 Å². The molecule has 0 bridgehead atoms. The lowest BCUT2D eigenvalue weighted by Crippen LogP contribution is -2.53. The van der Waals surface area contributed by atoms with E-state index in [0.717, 1.165) is 0 Å². The maximum Gasteiger partial charge on any atom is 0.310 e. The Morgan fingerprint density at radius 1 is 1.14 bits per heavy atom. The normalized spacial score (nSPS) is 25.1. The minimum absolute atomic E-state index is 0.0176. The summed E-state index contributed by atoms with van der Waals surface area (Å²) in [4.78, 5) is 36.7. The molecule has 0 fully saturated rings. The number of aromatic hydroxyl groups is 1. The van der Waals surface area contributed by atoms with Crippen molar-refractivity contribution < 1.29 is 49.8 Å². The minimum atomic E-state index is -2.21. The number of carboxylic acids is 1. The van der Waals surface area contributed by atoms with Gasteiger partial charge in [0.1, 0.15) is 24.5 Å². The molecule has 1 aliphatic heterocycles. The second kappa shape index (κ2) is 11.8. The number of aliphatic hydroxyl groups is 4. The Balaban J connectivity index is 2.03. The summed E-state index contributed by atoms with van der Waals surface area (Å²) in [5, 5.41) is 61.8. The lowest BCUT2D eigenvalue weighted by atomic mass is 9.68. The fraction of sp³-hybridized carbons (Fsp3) is 0.444. The molecule has 0 radical (unpaired) electrons. The number of hydrogen-bond acceptors (Lipinski definition) is 9. The van der Waals surface area contributed by atoms with E-state index in [9.17, 15) is 39.9 Å². The molecule has 10 nitrogen and oxygen atoms in total. The van der Waals surface area contributed by atoms with Gasteiger partial charge < -0.3 is 35.4 Å². The first-order valence-electron chi connectivity index (χ1n) is 12.0. The Morgan fingerprint density at radius 2 is 1.86 bits per heavy atom. The Bertz CT molecular complexity index is 1130. The molecule has 200 valence electrons. The van der Waals surface area contributed by atoms with Gasteiger partial charge in [0.2, 0.25) is 0 Å². The Hall–Kier alpha value is -3.31. The van der Waals surface area contributed by atoms with Crippen molar-refractivity contribution in [2.24, 2.45) is 5.92 Å². The predicted molar refractivity (Wildman–Crippen MR) is 132 cm³/mol. The molecule has 37 heavy (non-hydrogen) atoms. The summed E-state index contributed by atoms with van der Waals surface area (Å²) in [6.07, 6.45) is 6.95. The standard InChI is InChI=1S/C27H32O10/c28-10-9-27(36,19(15-29)21(31)12-24(33)34)16-26(35)13-18-17(7-8-20(30)25(18)22(32)14-26)23-6-4-2-1-3-5-11-37-23/h1-3,5-8,19,28-30,35-36H,4,9-16H2,(H,33,34)/b2-1-,5-3-,23-6-. The van der Waals surface area contributed by atoms with E-state index in [-0.39, 0.29) is 24.3 Å². The minimum Gasteiger partial charge on any atom is -0.507 e. The van der Waals surface area contributed by atoms with Crippen LogP contribution in [0.4, 0.5) is 0 Å². The third-order valence-corrected chi connectivity index (χ3v) is 6.71. The average molecular weight is 517 g/mol. The number of aliphatic hydroxyl groups excluding tert-OH is 2. The highest BCUT2D eigenvalue weighted by Gasteiger charge is 2.49. The van der Waals surface area contributed by atoms with Gasteiger partial charge in [-0.1, -0.05) is 18.2 Å².